The van der Waals surface area contributed by atoms with Crippen molar-refractivity contribution in [3.63, 3.8) is 0 Å². The van der Waals surface area contributed by atoms with E-state index < -0.39 is 0 Å². The third-order valence-corrected chi connectivity index (χ3v) is 4.42. The lowest BCUT2D eigenvalue weighted by Gasteiger charge is -2.21. The number of rotatable bonds is 15. The van der Waals surface area contributed by atoms with Crippen LogP contribution in [0.1, 0.15) is 58.8 Å². The lowest BCUT2D eigenvalue weighted by Crippen LogP contribution is -2.20. The Morgan fingerprint density at radius 2 is 1.75 bits per heavy atom. The Balaban J connectivity index is 3.18. The molecule has 0 aromatic heterocycles. The fourth-order valence-corrected chi connectivity index (χ4v) is 2.89. The highest BCUT2D eigenvalue weighted by Crippen LogP contribution is 2.10. The van der Waals surface area contributed by atoms with Crippen molar-refractivity contribution in [2.75, 3.05) is 38.3 Å². The van der Waals surface area contributed by atoms with Crippen molar-refractivity contribution in [3.8, 4) is 0 Å². The molecule has 0 unspecified atom stereocenters. The Morgan fingerprint density at radius 1 is 1.00 bits per heavy atom. The molecule has 0 radical (unpaired) electrons. The second kappa shape index (κ2) is 15.2. The normalized spacial score (nSPS) is 10.8. The van der Waals surface area contributed by atoms with Crippen molar-refractivity contribution in [1.82, 2.24) is 4.90 Å². The lowest BCUT2D eigenvalue weighted by atomic mass is 10.2. The molecule has 0 aliphatic heterocycles. The van der Waals surface area contributed by atoms with Crippen LogP contribution in [0.15, 0.2) is 12.3 Å². The molecule has 0 aliphatic carbocycles. The SMILES string of the molecule is C=C(CCC)N(C)CCSCCCCCOCCCC. The molecule has 2 nitrogen and oxygen atoms in total. The van der Waals surface area contributed by atoms with Crippen LogP contribution in [0.2, 0.25) is 0 Å². The van der Waals surface area contributed by atoms with Gasteiger partial charge >= 0.3 is 0 Å². The fraction of sp³-hybridized carbons (Fsp3) is 0.882. The molecule has 20 heavy (non-hydrogen) atoms. The van der Waals surface area contributed by atoms with Gasteiger partial charge in [-0.25, -0.2) is 0 Å². The Morgan fingerprint density at radius 3 is 2.45 bits per heavy atom. The van der Waals surface area contributed by atoms with Crippen molar-refractivity contribution < 1.29 is 4.74 Å². The topological polar surface area (TPSA) is 12.5 Å². The lowest BCUT2D eigenvalue weighted by molar-refractivity contribution is 0.127. The molecule has 0 fully saturated rings. The summed E-state index contributed by atoms with van der Waals surface area (Å²) in [4.78, 5) is 2.30. The quantitative estimate of drug-likeness (QED) is 0.397. The van der Waals surface area contributed by atoms with E-state index in [-0.39, 0.29) is 0 Å². The first-order valence-electron chi connectivity index (χ1n) is 8.26. The molecule has 0 bridgehead atoms. The summed E-state index contributed by atoms with van der Waals surface area (Å²) >= 11 is 2.07. The summed E-state index contributed by atoms with van der Waals surface area (Å²) in [5.74, 6) is 2.50. The van der Waals surface area contributed by atoms with E-state index in [0.717, 1.165) is 26.2 Å². The minimum Gasteiger partial charge on any atom is -0.381 e. The van der Waals surface area contributed by atoms with E-state index in [1.807, 2.05) is 0 Å². The molecule has 0 spiro atoms. The van der Waals surface area contributed by atoms with Gasteiger partial charge in [-0.1, -0.05) is 39.7 Å². The zero-order chi connectivity index (χ0) is 15.1. The molecule has 0 saturated carbocycles. The van der Waals surface area contributed by atoms with E-state index in [2.05, 4.69) is 44.1 Å². The van der Waals surface area contributed by atoms with Crippen LogP contribution in [0.5, 0.6) is 0 Å². The number of unbranched alkanes of at least 4 members (excludes halogenated alkanes) is 3. The fourth-order valence-electron chi connectivity index (χ4n) is 1.87. The number of thioether (sulfide) groups is 1. The molecule has 0 aromatic rings. The van der Waals surface area contributed by atoms with Crippen LogP contribution >= 0.6 is 11.8 Å². The zero-order valence-electron chi connectivity index (χ0n) is 14.0. The molecule has 0 atom stereocenters. The standard InChI is InChI=1S/C17H35NOS/c1-5-7-13-19-14-9-8-10-15-20-16-12-18(4)17(3)11-6-2/h3,5-16H2,1-2,4H3. The van der Waals surface area contributed by atoms with Gasteiger partial charge in [-0.05, 0) is 31.4 Å². The summed E-state index contributed by atoms with van der Waals surface area (Å²) in [7, 11) is 2.16. The van der Waals surface area contributed by atoms with Crippen molar-refractivity contribution in [1.29, 1.82) is 0 Å². The van der Waals surface area contributed by atoms with E-state index in [1.165, 1.54) is 55.7 Å². The van der Waals surface area contributed by atoms with Crippen molar-refractivity contribution in [2.45, 2.75) is 58.8 Å². The largest absolute Gasteiger partial charge is 0.381 e. The molecule has 0 heterocycles. The molecule has 0 rings (SSSR count). The summed E-state index contributed by atoms with van der Waals surface area (Å²) in [6.07, 6.45) is 8.59. The molecule has 120 valence electrons. The van der Waals surface area contributed by atoms with Crippen LogP contribution in [0.3, 0.4) is 0 Å². The maximum Gasteiger partial charge on any atom is 0.0466 e. The first-order valence-corrected chi connectivity index (χ1v) is 9.42. The first-order chi connectivity index (χ1) is 9.72. The van der Waals surface area contributed by atoms with Gasteiger partial charge in [0.2, 0.25) is 0 Å². The molecular weight excluding hydrogens is 266 g/mol. The van der Waals surface area contributed by atoms with Crippen LogP contribution in [-0.4, -0.2) is 43.2 Å². The second-order valence-corrected chi connectivity index (χ2v) is 6.60. The van der Waals surface area contributed by atoms with Crippen molar-refractivity contribution in [2.24, 2.45) is 0 Å². The van der Waals surface area contributed by atoms with E-state index in [0.29, 0.717) is 0 Å². The summed E-state index contributed by atoms with van der Waals surface area (Å²) in [5.41, 5.74) is 1.28. The third-order valence-electron chi connectivity index (χ3n) is 3.37. The highest BCUT2D eigenvalue weighted by atomic mass is 32.2. The van der Waals surface area contributed by atoms with E-state index >= 15 is 0 Å². The van der Waals surface area contributed by atoms with Crippen molar-refractivity contribution in [3.05, 3.63) is 12.3 Å². The van der Waals surface area contributed by atoms with Gasteiger partial charge < -0.3 is 9.64 Å². The highest BCUT2D eigenvalue weighted by Gasteiger charge is 2.00. The average molecular weight is 302 g/mol. The van der Waals surface area contributed by atoms with Gasteiger partial charge in [0.1, 0.15) is 0 Å². The summed E-state index contributed by atoms with van der Waals surface area (Å²) in [6.45, 7) is 11.6. The van der Waals surface area contributed by atoms with Gasteiger partial charge in [-0.3, -0.25) is 0 Å². The number of hydrogen-bond acceptors (Lipinski definition) is 3. The smallest absolute Gasteiger partial charge is 0.0466 e. The van der Waals surface area contributed by atoms with Crippen molar-refractivity contribution >= 4 is 11.8 Å². The Kier molecular flexibility index (Phi) is 15.1. The Hall–Kier alpha value is -0.150. The van der Waals surface area contributed by atoms with E-state index in [9.17, 15) is 0 Å². The molecule has 0 amide bonds. The number of allylic oxidation sites excluding steroid dienone is 1. The first kappa shape index (κ1) is 19.9. The molecule has 0 saturated heterocycles. The predicted molar refractivity (Wildman–Crippen MR) is 93.6 cm³/mol. The molecular formula is C17H35NOS. The van der Waals surface area contributed by atoms with Crippen LogP contribution < -0.4 is 0 Å². The molecule has 0 aliphatic rings. The van der Waals surface area contributed by atoms with Crippen LogP contribution in [0.4, 0.5) is 0 Å². The van der Waals surface area contributed by atoms with Gasteiger partial charge in [0.05, 0.1) is 0 Å². The monoisotopic (exact) mass is 301 g/mol. The summed E-state index contributed by atoms with van der Waals surface area (Å²) in [5, 5.41) is 0. The van der Waals surface area contributed by atoms with Gasteiger partial charge in [0.25, 0.3) is 0 Å². The second-order valence-electron chi connectivity index (χ2n) is 5.38. The minimum atomic E-state index is 0.944. The van der Waals surface area contributed by atoms with E-state index in [1.54, 1.807) is 0 Å². The van der Waals surface area contributed by atoms with Crippen LogP contribution in [0.25, 0.3) is 0 Å². The maximum absolute atomic E-state index is 5.56. The molecule has 0 aromatic carbocycles. The highest BCUT2D eigenvalue weighted by molar-refractivity contribution is 7.99. The minimum absolute atomic E-state index is 0.944. The van der Waals surface area contributed by atoms with Gasteiger partial charge in [0.15, 0.2) is 0 Å². The van der Waals surface area contributed by atoms with Gasteiger partial charge in [-0.15, -0.1) is 0 Å². The zero-order valence-corrected chi connectivity index (χ0v) is 14.8. The van der Waals surface area contributed by atoms with Gasteiger partial charge in [-0.2, -0.15) is 11.8 Å². The summed E-state index contributed by atoms with van der Waals surface area (Å²) in [6, 6.07) is 0. The third kappa shape index (κ3) is 12.9. The Bertz CT molecular complexity index is 221. The number of hydrogen-bond donors (Lipinski definition) is 0. The Labute approximate surface area is 131 Å². The predicted octanol–water partition coefficient (Wildman–Crippen LogP) is 4.95. The van der Waals surface area contributed by atoms with Crippen LogP contribution in [-0.2, 0) is 4.74 Å². The average Bonchev–Trinajstić information content (AvgIpc) is 2.44. The molecule has 0 N–H and O–H groups in total. The maximum atomic E-state index is 5.56. The molecule has 3 heteroatoms. The number of nitrogens with zero attached hydrogens (tertiary/aromatic N) is 1. The van der Waals surface area contributed by atoms with E-state index in [4.69, 9.17) is 4.74 Å². The number of ether oxygens (including phenoxy) is 1. The summed E-state index contributed by atoms with van der Waals surface area (Å²) < 4.78 is 5.56. The van der Waals surface area contributed by atoms with Crippen LogP contribution in [0, 0.1) is 0 Å². The van der Waals surface area contributed by atoms with Gasteiger partial charge in [0, 0.05) is 38.3 Å².